The molecule has 0 aliphatic rings. The van der Waals surface area contributed by atoms with E-state index in [1.807, 2.05) is 6.08 Å². The van der Waals surface area contributed by atoms with Gasteiger partial charge in [0.2, 0.25) is 5.91 Å². The monoisotopic (exact) mass is 858 g/mol. The van der Waals surface area contributed by atoms with E-state index in [1.165, 1.54) is 231 Å². The fourth-order valence-corrected chi connectivity index (χ4v) is 8.43. The highest BCUT2D eigenvalue weighted by Crippen LogP contribution is 2.17. The molecule has 0 aromatic rings. The number of rotatable bonds is 50. The summed E-state index contributed by atoms with van der Waals surface area (Å²) < 4.78 is 0. The summed E-state index contributed by atoms with van der Waals surface area (Å²) in [4.78, 5) is 12.5. The molecule has 0 saturated carbocycles. The van der Waals surface area contributed by atoms with Crippen molar-refractivity contribution in [3.05, 3.63) is 36.5 Å². The minimum Gasteiger partial charge on any atom is -0.394 e. The Kier molecular flexibility index (Phi) is 50.0. The number of allylic oxidation sites excluding steroid dienone is 5. The van der Waals surface area contributed by atoms with Gasteiger partial charge in [-0.25, -0.2) is 0 Å². The van der Waals surface area contributed by atoms with Crippen LogP contribution in [0.1, 0.15) is 290 Å². The van der Waals surface area contributed by atoms with Gasteiger partial charge in [0.1, 0.15) is 6.10 Å². The SMILES string of the molecule is CCCCCCCCCCCCCC/C=C\CCCCCCCCCCCCCCC(O)C(=O)NC(CO)C(O)/C=C/CC/C=C/CCCCCCCCCCCCCCC. The maximum absolute atomic E-state index is 12.5. The molecule has 0 aromatic carbocycles. The summed E-state index contributed by atoms with van der Waals surface area (Å²) in [6.07, 6.45) is 66.5. The number of aliphatic hydroxyl groups excluding tert-OH is 3. The standard InChI is InChI=1S/C56H107NO4/c1-3-5-7-9-11-13-15-17-19-21-23-24-25-26-27-28-29-30-31-33-35-37-39-41-43-45-47-49-51-55(60)56(61)57-53(52-58)54(59)50-48-46-44-42-40-38-36-34-32-22-20-18-16-14-12-10-8-6-4-2/h26-27,40,42,48,50,53-55,58-60H,3-25,28-39,41,43-47,49,51-52H2,1-2H3,(H,57,61)/b27-26-,42-40+,50-48+. The van der Waals surface area contributed by atoms with Gasteiger partial charge < -0.3 is 20.6 Å². The molecular formula is C56H107NO4. The Hall–Kier alpha value is -1.43. The number of nitrogens with one attached hydrogen (secondary N) is 1. The first-order chi connectivity index (χ1) is 30.1. The second kappa shape index (κ2) is 51.2. The number of carbonyl (C=O) groups excluding carboxylic acids is 1. The molecular weight excluding hydrogens is 751 g/mol. The lowest BCUT2D eigenvalue weighted by Crippen LogP contribution is -2.48. The number of aliphatic hydroxyl groups is 3. The summed E-state index contributed by atoms with van der Waals surface area (Å²) in [6.45, 7) is 4.20. The Bertz CT molecular complexity index is 947. The van der Waals surface area contributed by atoms with Crippen molar-refractivity contribution in [2.24, 2.45) is 0 Å². The van der Waals surface area contributed by atoms with Crippen LogP contribution in [0.15, 0.2) is 36.5 Å². The van der Waals surface area contributed by atoms with Gasteiger partial charge in [-0.3, -0.25) is 4.79 Å². The zero-order valence-electron chi connectivity index (χ0n) is 41.1. The average Bonchev–Trinajstić information content (AvgIpc) is 3.26. The molecule has 4 N–H and O–H groups in total. The summed E-state index contributed by atoms with van der Waals surface area (Å²) in [5.41, 5.74) is 0. The normalized spacial score (nSPS) is 13.6. The van der Waals surface area contributed by atoms with Gasteiger partial charge in [0, 0.05) is 0 Å². The number of hydrogen-bond donors (Lipinski definition) is 4. The van der Waals surface area contributed by atoms with Crippen LogP contribution in [-0.4, -0.2) is 46.1 Å². The minimum absolute atomic E-state index is 0.375. The molecule has 1 amide bonds. The Morgan fingerprint density at radius 1 is 0.393 bits per heavy atom. The van der Waals surface area contributed by atoms with Gasteiger partial charge in [-0.1, -0.05) is 269 Å². The Balaban J connectivity index is 3.59. The van der Waals surface area contributed by atoms with Crippen molar-refractivity contribution >= 4 is 5.91 Å². The largest absolute Gasteiger partial charge is 0.394 e. The van der Waals surface area contributed by atoms with Crippen LogP contribution < -0.4 is 5.32 Å². The van der Waals surface area contributed by atoms with E-state index in [4.69, 9.17) is 0 Å². The van der Waals surface area contributed by atoms with Crippen molar-refractivity contribution in [1.82, 2.24) is 5.32 Å². The van der Waals surface area contributed by atoms with Crippen molar-refractivity contribution in [3.8, 4) is 0 Å². The molecule has 0 spiro atoms. The van der Waals surface area contributed by atoms with Crippen LogP contribution in [0.5, 0.6) is 0 Å². The van der Waals surface area contributed by atoms with E-state index in [0.717, 1.165) is 38.5 Å². The molecule has 0 fully saturated rings. The van der Waals surface area contributed by atoms with Gasteiger partial charge in [-0.15, -0.1) is 0 Å². The summed E-state index contributed by atoms with van der Waals surface area (Å²) in [5, 5.41) is 33.3. The summed E-state index contributed by atoms with van der Waals surface area (Å²) in [7, 11) is 0. The van der Waals surface area contributed by atoms with E-state index in [2.05, 4.69) is 43.5 Å². The summed E-state index contributed by atoms with van der Waals surface area (Å²) in [5.74, 6) is -0.510. The van der Waals surface area contributed by atoms with E-state index in [-0.39, 0.29) is 6.61 Å². The maximum atomic E-state index is 12.5. The third-order valence-corrected chi connectivity index (χ3v) is 12.7. The molecule has 360 valence electrons. The van der Waals surface area contributed by atoms with Crippen LogP contribution in [0.3, 0.4) is 0 Å². The molecule has 5 nitrogen and oxygen atoms in total. The first-order valence-electron chi connectivity index (χ1n) is 27.3. The minimum atomic E-state index is -1.11. The Morgan fingerprint density at radius 2 is 0.672 bits per heavy atom. The van der Waals surface area contributed by atoms with Gasteiger partial charge in [-0.05, 0) is 57.8 Å². The number of unbranched alkanes of at least 4 members (excludes halogenated alkanes) is 38. The molecule has 3 unspecified atom stereocenters. The highest BCUT2D eigenvalue weighted by molar-refractivity contribution is 5.80. The van der Waals surface area contributed by atoms with Crippen LogP contribution >= 0.6 is 0 Å². The molecule has 0 aromatic heterocycles. The van der Waals surface area contributed by atoms with E-state index < -0.39 is 24.2 Å². The Labute approximate surface area is 381 Å². The van der Waals surface area contributed by atoms with Crippen LogP contribution in [0.25, 0.3) is 0 Å². The topological polar surface area (TPSA) is 89.8 Å². The molecule has 0 rings (SSSR count). The molecule has 0 bridgehead atoms. The predicted molar refractivity (Wildman–Crippen MR) is 268 cm³/mol. The molecule has 0 aliphatic carbocycles. The number of carbonyl (C=O) groups is 1. The van der Waals surface area contributed by atoms with Crippen LogP contribution in [0, 0.1) is 0 Å². The lowest BCUT2D eigenvalue weighted by Gasteiger charge is -2.21. The summed E-state index contributed by atoms with van der Waals surface area (Å²) >= 11 is 0. The smallest absolute Gasteiger partial charge is 0.249 e. The average molecular weight is 858 g/mol. The van der Waals surface area contributed by atoms with E-state index in [9.17, 15) is 20.1 Å². The highest BCUT2D eigenvalue weighted by Gasteiger charge is 2.22. The van der Waals surface area contributed by atoms with Crippen molar-refractivity contribution < 1.29 is 20.1 Å². The molecule has 0 saturated heterocycles. The van der Waals surface area contributed by atoms with Crippen LogP contribution in [0.4, 0.5) is 0 Å². The van der Waals surface area contributed by atoms with Gasteiger partial charge in [0.25, 0.3) is 0 Å². The highest BCUT2D eigenvalue weighted by atomic mass is 16.3. The predicted octanol–water partition coefficient (Wildman–Crippen LogP) is 16.7. The first kappa shape index (κ1) is 59.6. The van der Waals surface area contributed by atoms with Gasteiger partial charge >= 0.3 is 0 Å². The number of amides is 1. The molecule has 0 radical (unpaired) electrons. The summed E-state index contributed by atoms with van der Waals surface area (Å²) in [6, 6.07) is -0.815. The lowest BCUT2D eigenvalue weighted by atomic mass is 10.0. The molecule has 5 heteroatoms. The van der Waals surface area contributed by atoms with E-state index in [1.54, 1.807) is 6.08 Å². The molecule has 0 heterocycles. The second-order valence-corrected chi connectivity index (χ2v) is 18.8. The zero-order chi connectivity index (χ0) is 44.4. The second-order valence-electron chi connectivity index (χ2n) is 18.8. The first-order valence-corrected chi connectivity index (χ1v) is 27.3. The fourth-order valence-electron chi connectivity index (χ4n) is 8.43. The molecule has 0 aliphatic heterocycles. The zero-order valence-corrected chi connectivity index (χ0v) is 41.1. The van der Waals surface area contributed by atoms with Gasteiger partial charge in [-0.2, -0.15) is 0 Å². The molecule has 61 heavy (non-hydrogen) atoms. The van der Waals surface area contributed by atoms with E-state index >= 15 is 0 Å². The third-order valence-electron chi connectivity index (χ3n) is 12.7. The third kappa shape index (κ3) is 46.4. The van der Waals surface area contributed by atoms with Gasteiger partial charge in [0.05, 0.1) is 18.8 Å². The van der Waals surface area contributed by atoms with Crippen LogP contribution in [-0.2, 0) is 4.79 Å². The molecule has 3 atom stereocenters. The Morgan fingerprint density at radius 3 is 1.00 bits per heavy atom. The van der Waals surface area contributed by atoms with Gasteiger partial charge in [0.15, 0.2) is 0 Å². The van der Waals surface area contributed by atoms with Crippen molar-refractivity contribution in [3.63, 3.8) is 0 Å². The van der Waals surface area contributed by atoms with Crippen LogP contribution in [0.2, 0.25) is 0 Å². The number of hydrogen-bond acceptors (Lipinski definition) is 4. The van der Waals surface area contributed by atoms with E-state index in [0.29, 0.717) is 6.42 Å². The lowest BCUT2D eigenvalue weighted by molar-refractivity contribution is -0.131. The van der Waals surface area contributed by atoms with Crippen molar-refractivity contribution in [2.75, 3.05) is 6.61 Å². The fraction of sp³-hybridized carbons (Fsp3) is 0.875. The quantitative estimate of drug-likeness (QED) is 0.0362. The van der Waals surface area contributed by atoms with Crippen molar-refractivity contribution in [2.45, 2.75) is 308 Å². The maximum Gasteiger partial charge on any atom is 0.249 e. The van der Waals surface area contributed by atoms with Crippen molar-refractivity contribution in [1.29, 1.82) is 0 Å².